The first kappa shape index (κ1) is 16.0. The van der Waals surface area contributed by atoms with Crippen molar-refractivity contribution < 1.29 is 9.53 Å². The first-order valence-electron chi connectivity index (χ1n) is 9.72. The van der Waals surface area contributed by atoms with E-state index in [9.17, 15) is 4.79 Å². The number of anilines is 1. The van der Waals surface area contributed by atoms with Gasteiger partial charge in [0.15, 0.2) is 0 Å². The zero-order valence-electron chi connectivity index (χ0n) is 14.7. The van der Waals surface area contributed by atoms with Gasteiger partial charge in [-0.3, -0.25) is 4.79 Å². The van der Waals surface area contributed by atoms with Crippen molar-refractivity contribution in [1.82, 2.24) is 0 Å². The monoisotopic (exact) mass is 327 g/mol. The van der Waals surface area contributed by atoms with Gasteiger partial charge in [-0.1, -0.05) is 25.5 Å². The summed E-state index contributed by atoms with van der Waals surface area (Å²) in [4.78, 5) is 13.2. The molecule has 4 fully saturated rings. The zero-order valence-corrected chi connectivity index (χ0v) is 14.7. The summed E-state index contributed by atoms with van der Waals surface area (Å²) in [5.41, 5.74) is 0.736. The molecule has 0 heterocycles. The lowest BCUT2D eigenvalue weighted by Gasteiger charge is -2.55. The van der Waals surface area contributed by atoms with Gasteiger partial charge < -0.3 is 10.1 Å². The average molecular weight is 327 g/mol. The van der Waals surface area contributed by atoms with Gasteiger partial charge in [0.2, 0.25) is 5.91 Å². The summed E-state index contributed by atoms with van der Waals surface area (Å²) in [6, 6.07) is 7.88. The highest BCUT2D eigenvalue weighted by atomic mass is 16.5. The maximum atomic E-state index is 13.2. The van der Waals surface area contributed by atoms with Crippen molar-refractivity contribution in [2.45, 2.75) is 58.3 Å². The molecule has 1 aromatic rings. The fourth-order valence-electron chi connectivity index (χ4n) is 5.67. The molecule has 0 aromatic heterocycles. The molecule has 0 radical (unpaired) electrons. The summed E-state index contributed by atoms with van der Waals surface area (Å²) in [5.74, 6) is 3.42. The fourth-order valence-corrected chi connectivity index (χ4v) is 5.67. The number of unbranched alkanes of at least 4 members (excludes halogenated alkanes) is 1. The maximum absolute atomic E-state index is 13.2. The largest absolute Gasteiger partial charge is 0.491 e. The summed E-state index contributed by atoms with van der Waals surface area (Å²) in [6.45, 7) is 2.87. The lowest BCUT2D eigenvalue weighted by atomic mass is 9.49. The fraction of sp³-hybridized carbons (Fsp3) is 0.667. The Hall–Kier alpha value is -1.51. The van der Waals surface area contributed by atoms with Gasteiger partial charge >= 0.3 is 0 Å². The number of benzene rings is 1. The SMILES string of the molecule is CCCCOc1ccccc1NC(=O)C12CC3CC(CC(C3)C1)C2. The Labute approximate surface area is 145 Å². The molecule has 1 aromatic carbocycles. The number of hydrogen-bond donors (Lipinski definition) is 1. The highest BCUT2D eigenvalue weighted by Gasteiger charge is 2.54. The molecule has 4 aliphatic carbocycles. The topological polar surface area (TPSA) is 38.3 Å². The number of carbonyl (C=O) groups is 1. The van der Waals surface area contributed by atoms with Crippen LogP contribution in [0.3, 0.4) is 0 Å². The molecule has 0 spiro atoms. The second-order valence-electron chi connectivity index (χ2n) is 8.35. The summed E-state index contributed by atoms with van der Waals surface area (Å²) in [5, 5.41) is 3.23. The number of para-hydroxylation sites is 2. The van der Waals surface area contributed by atoms with Crippen LogP contribution in [0, 0.1) is 23.2 Å². The van der Waals surface area contributed by atoms with Crippen LogP contribution in [0.2, 0.25) is 0 Å². The molecule has 24 heavy (non-hydrogen) atoms. The van der Waals surface area contributed by atoms with Crippen LogP contribution in [0.5, 0.6) is 5.75 Å². The van der Waals surface area contributed by atoms with Gasteiger partial charge in [-0.2, -0.15) is 0 Å². The van der Waals surface area contributed by atoms with Crippen molar-refractivity contribution in [2.24, 2.45) is 23.2 Å². The Kier molecular flexibility index (Phi) is 4.28. The van der Waals surface area contributed by atoms with Crippen LogP contribution in [-0.4, -0.2) is 12.5 Å². The first-order valence-corrected chi connectivity index (χ1v) is 9.72. The van der Waals surface area contributed by atoms with Crippen LogP contribution in [0.4, 0.5) is 5.69 Å². The Morgan fingerprint density at radius 1 is 1.12 bits per heavy atom. The lowest BCUT2D eigenvalue weighted by Crippen LogP contribution is -2.51. The van der Waals surface area contributed by atoms with E-state index in [1.165, 1.54) is 19.3 Å². The molecule has 130 valence electrons. The molecule has 0 atom stereocenters. The van der Waals surface area contributed by atoms with Crippen LogP contribution in [0.15, 0.2) is 24.3 Å². The van der Waals surface area contributed by atoms with Gasteiger partial charge in [0.1, 0.15) is 5.75 Å². The lowest BCUT2D eigenvalue weighted by molar-refractivity contribution is -0.140. The number of ether oxygens (including phenoxy) is 1. The van der Waals surface area contributed by atoms with E-state index in [4.69, 9.17) is 4.74 Å². The molecular formula is C21H29NO2. The number of nitrogens with one attached hydrogen (secondary N) is 1. The normalized spacial score (nSPS) is 33.5. The minimum Gasteiger partial charge on any atom is -0.491 e. The zero-order chi connectivity index (χ0) is 16.6. The third kappa shape index (κ3) is 2.94. The van der Waals surface area contributed by atoms with E-state index in [0.29, 0.717) is 6.61 Å². The van der Waals surface area contributed by atoms with E-state index in [1.54, 1.807) is 0 Å². The molecule has 4 saturated carbocycles. The molecule has 0 aliphatic heterocycles. The van der Waals surface area contributed by atoms with Crippen LogP contribution >= 0.6 is 0 Å². The molecule has 4 bridgehead atoms. The third-order valence-electron chi connectivity index (χ3n) is 6.41. The van der Waals surface area contributed by atoms with Gasteiger partial charge in [0.05, 0.1) is 17.7 Å². The van der Waals surface area contributed by atoms with E-state index < -0.39 is 0 Å². The minimum absolute atomic E-state index is 0.106. The van der Waals surface area contributed by atoms with E-state index in [2.05, 4.69) is 12.2 Å². The Bertz CT molecular complexity index is 574. The second-order valence-corrected chi connectivity index (χ2v) is 8.35. The van der Waals surface area contributed by atoms with Crippen LogP contribution in [0.25, 0.3) is 0 Å². The molecule has 0 saturated heterocycles. The van der Waals surface area contributed by atoms with Gasteiger partial charge in [-0.25, -0.2) is 0 Å². The van der Waals surface area contributed by atoms with E-state index in [0.717, 1.165) is 61.3 Å². The van der Waals surface area contributed by atoms with Crippen LogP contribution < -0.4 is 10.1 Å². The quantitative estimate of drug-likeness (QED) is 0.745. The van der Waals surface area contributed by atoms with Crippen molar-refractivity contribution in [2.75, 3.05) is 11.9 Å². The summed E-state index contributed by atoms with van der Waals surface area (Å²) >= 11 is 0. The summed E-state index contributed by atoms with van der Waals surface area (Å²) < 4.78 is 5.88. The van der Waals surface area contributed by atoms with Gasteiger partial charge in [0.25, 0.3) is 0 Å². The highest BCUT2D eigenvalue weighted by molar-refractivity contribution is 5.96. The van der Waals surface area contributed by atoms with Crippen LogP contribution in [0.1, 0.15) is 58.3 Å². The van der Waals surface area contributed by atoms with Crippen molar-refractivity contribution in [1.29, 1.82) is 0 Å². The molecule has 3 nitrogen and oxygen atoms in total. The maximum Gasteiger partial charge on any atom is 0.230 e. The van der Waals surface area contributed by atoms with E-state index in [1.807, 2.05) is 24.3 Å². The number of amides is 1. The second kappa shape index (κ2) is 6.42. The standard InChI is InChI=1S/C21H29NO2/c1-2-3-8-24-19-7-5-4-6-18(19)22-20(23)21-12-15-9-16(13-21)11-17(10-15)14-21/h4-7,15-17H,2-3,8-14H2,1H3,(H,22,23). The predicted molar refractivity (Wildman–Crippen MR) is 96.1 cm³/mol. The molecule has 5 rings (SSSR count). The van der Waals surface area contributed by atoms with Gasteiger partial charge in [-0.05, 0) is 74.8 Å². The smallest absolute Gasteiger partial charge is 0.230 e. The molecule has 0 unspecified atom stereocenters. The summed E-state index contributed by atoms with van der Waals surface area (Å²) in [6.07, 6.45) is 9.55. The van der Waals surface area contributed by atoms with E-state index >= 15 is 0 Å². The van der Waals surface area contributed by atoms with Crippen molar-refractivity contribution >= 4 is 11.6 Å². The molecule has 1 N–H and O–H groups in total. The Morgan fingerprint density at radius 2 is 1.75 bits per heavy atom. The van der Waals surface area contributed by atoms with Gasteiger partial charge in [-0.15, -0.1) is 0 Å². The molecule has 1 amide bonds. The minimum atomic E-state index is -0.106. The molecular weight excluding hydrogens is 298 g/mol. The van der Waals surface area contributed by atoms with Crippen molar-refractivity contribution in [3.8, 4) is 5.75 Å². The first-order chi connectivity index (χ1) is 11.7. The number of rotatable bonds is 6. The molecule has 3 heteroatoms. The predicted octanol–water partition coefficient (Wildman–Crippen LogP) is 5.02. The van der Waals surface area contributed by atoms with Crippen LogP contribution in [-0.2, 0) is 4.79 Å². The molecule has 4 aliphatic rings. The Morgan fingerprint density at radius 3 is 2.38 bits per heavy atom. The van der Waals surface area contributed by atoms with E-state index in [-0.39, 0.29) is 11.3 Å². The van der Waals surface area contributed by atoms with Crippen molar-refractivity contribution in [3.63, 3.8) is 0 Å². The summed E-state index contributed by atoms with van der Waals surface area (Å²) in [7, 11) is 0. The van der Waals surface area contributed by atoms with Crippen molar-refractivity contribution in [3.05, 3.63) is 24.3 Å². The van der Waals surface area contributed by atoms with Gasteiger partial charge in [0, 0.05) is 0 Å². The number of hydrogen-bond acceptors (Lipinski definition) is 2. The average Bonchev–Trinajstić information content (AvgIpc) is 2.55. The highest BCUT2D eigenvalue weighted by Crippen LogP contribution is 2.60. The number of carbonyl (C=O) groups excluding carboxylic acids is 1. The third-order valence-corrected chi connectivity index (χ3v) is 6.41. The Balaban J connectivity index is 1.48.